The number of carbonyl (C=O) groups is 4. The van der Waals surface area contributed by atoms with Crippen LogP contribution in [0, 0.1) is 11.8 Å². The van der Waals surface area contributed by atoms with Crippen LogP contribution < -0.4 is 10.6 Å². The van der Waals surface area contributed by atoms with Gasteiger partial charge >= 0.3 is 12.2 Å². The van der Waals surface area contributed by atoms with Gasteiger partial charge in [-0.05, 0) is 67.2 Å². The van der Waals surface area contributed by atoms with Gasteiger partial charge in [0.1, 0.15) is 23.8 Å². The fraction of sp³-hybridized carbons (Fsp3) is 0.818. The van der Waals surface area contributed by atoms with E-state index in [0.717, 1.165) is 51.1 Å². The maximum Gasteiger partial charge on any atom is 0.407 e. The summed E-state index contributed by atoms with van der Waals surface area (Å²) < 4.78 is 10.3. The van der Waals surface area contributed by atoms with Crippen molar-refractivity contribution >= 4 is 24.8 Å². The predicted octanol–water partition coefficient (Wildman–Crippen LogP) is 3.76. The third-order valence-corrected chi connectivity index (χ3v) is 4.89. The molecular weight excluding hydrogens is 388 g/mol. The highest BCUT2D eigenvalue weighted by atomic mass is 16.6. The Hall–Kier alpha value is -2.12. The maximum atomic E-state index is 11.4. The number of carbonyl (C=O) groups excluding carboxylic acids is 4. The minimum Gasteiger partial charge on any atom is -0.444 e. The number of aldehydes is 2. The average Bonchev–Trinajstić information content (AvgIpc) is 3.20. The molecule has 0 aromatic rings. The van der Waals surface area contributed by atoms with Crippen molar-refractivity contribution in [2.75, 3.05) is 0 Å². The normalized spacial score (nSPS) is 26.1. The van der Waals surface area contributed by atoms with Gasteiger partial charge in [0.2, 0.25) is 0 Å². The van der Waals surface area contributed by atoms with Crippen molar-refractivity contribution in [3.05, 3.63) is 0 Å². The van der Waals surface area contributed by atoms with Crippen LogP contribution >= 0.6 is 0 Å². The molecule has 2 fully saturated rings. The minimum atomic E-state index is -0.487. The molecule has 4 atom stereocenters. The van der Waals surface area contributed by atoms with E-state index in [1.807, 2.05) is 41.5 Å². The summed E-state index contributed by atoms with van der Waals surface area (Å²) in [5.41, 5.74) is -0.973. The molecule has 2 N–H and O–H groups in total. The lowest BCUT2D eigenvalue weighted by Crippen LogP contribution is -2.41. The lowest BCUT2D eigenvalue weighted by Gasteiger charge is -2.22. The second kappa shape index (κ2) is 11.3. The van der Waals surface area contributed by atoms with Crippen molar-refractivity contribution in [3.8, 4) is 0 Å². The van der Waals surface area contributed by atoms with Crippen LogP contribution in [0.15, 0.2) is 0 Å². The second-order valence-corrected chi connectivity index (χ2v) is 9.97. The lowest BCUT2D eigenvalue weighted by molar-refractivity contribution is -0.112. The van der Waals surface area contributed by atoms with E-state index in [4.69, 9.17) is 9.47 Å². The van der Waals surface area contributed by atoms with Crippen molar-refractivity contribution in [2.45, 2.75) is 103 Å². The van der Waals surface area contributed by atoms with Crippen molar-refractivity contribution in [2.24, 2.45) is 11.8 Å². The van der Waals surface area contributed by atoms with Crippen LogP contribution in [0.4, 0.5) is 9.59 Å². The van der Waals surface area contributed by atoms with Crippen LogP contribution in [0.2, 0.25) is 0 Å². The van der Waals surface area contributed by atoms with E-state index in [0.29, 0.717) is 0 Å². The zero-order valence-corrected chi connectivity index (χ0v) is 19.2. The monoisotopic (exact) mass is 426 g/mol. The molecule has 0 bridgehead atoms. The van der Waals surface area contributed by atoms with Gasteiger partial charge in [-0.1, -0.05) is 12.8 Å². The van der Waals surface area contributed by atoms with Gasteiger partial charge in [-0.15, -0.1) is 0 Å². The Bertz CT molecular complexity index is 541. The summed E-state index contributed by atoms with van der Waals surface area (Å²) in [6.07, 6.45) is 6.43. The highest BCUT2D eigenvalue weighted by Crippen LogP contribution is 2.25. The van der Waals surface area contributed by atoms with Crippen molar-refractivity contribution in [3.63, 3.8) is 0 Å². The summed E-state index contributed by atoms with van der Waals surface area (Å²) in [4.78, 5) is 44.2. The molecule has 0 unspecified atom stereocenters. The molecule has 2 amide bonds. The molecule has 2 saturated carbocycles. The van der Waals surface area contributed by atoms with E-state index in [2.05, 4.69) is 10.6 Å². The van der Waals surface area contributed by atoms with Crippen molar-refractivity contribution in [1.82, 2.24) is 10.6 Å². The molecule has 0 spiro atoms. The molecule has 2 aliphatic carbocycles. The molecule has 8 nitrogen and oxygen atoms in total. The van der Waals surface area contributed by atoms with Crippen molar-refractivity contribution in [1.29, 1.82) is 0 Å². The first-order valence-electron chi connectivity index (χ1n) is 10.7. The summed E-state index contributed by atoms with van der Waals surface area (Å²) in [7, 11) is 0. The first-order valence-corrected chi connectivity index (χ1v) is 10.7. The molecule has 2 rings (SSSR count). The second-order valence-electron chi connectivity index (χ2n) is 9.97. The van der Waals surface area contributed by atoms with Gasteiger partial charge in [-0.2, -0.15) is 0 Å². The van der Waals surface area contributed by atoms with E-state index in [9.17, 15) is 19.2 Å². The molecule has 0 heterocycles. The molecule has 172 valence electrons. The van der Waals surface area contributed by atoms with Gasteiger partial charge in [0.05, 0.1) is 0 Å². The maximum absolute atomic E-state index is 11.4. The van der Waals surface area contributed by atoms with E-state index < -0.39 is 23.4 Å². The third-order valence-electron chi connectivity index (χ3n) is 4.89. The zero-order chi connectivity index (χ0) is 22.9. The molecule has 0 aromatic heterocycles. The van der Waals surface area contributed by atoms with Gasteiger partial charge in [0.15, 0.2) is 0 Å². The summed E-state index contributed by atoms with van der Waals surface area (Å²) in [5.74, 6) is -0.0879. The fourth-order valence-electron chi connectivity index (χ4n) is 3.58. The Morgan fingerprint density at radius 2 is 1.03 bits per heavy atom. The first-order chi connectivity index (χ1) is 13.8. The molecular formula is C22H38N2O6. The lowest BCUT2D eigenvalue weighted by atomic mass is 10.1. The molecule has 0 radical (unpaired) electrons. The zero-order valence-electron chi connectivity index (χ0n) is 19.2. The number of alkyl carbamates (subject to hydrolysis) is 2. The van der Waals surface area contributed by atoms with Gasteiger partial charge in [-0.25, -0.2) is 9.59 Å². The number of hydrogen-bond acceptors (Lipinski definition) is 6. The van der Waals surface area contributed by atoms with Crippen LogP contribution in [0.5, 0.6) is 0 Å². The predicted molar refractivity (Wildman–Crippen MR) is 113 cm³/mol. The Kier molecular flexibility index (Phi) is 9.78. The van der Waals surface area contributed by atoms with Crippen LogP contribution in [0.3, 0.4) is 0 Å². The summed E-state index contributed by atoms with van der Waals surface area (Å²) >= 11 is 0. The van der Waals surface area contributed by atoms with Gasteiger partial charge in [-0.3, -0.25) is 0 Å². The Labute approximate surface area is 179 Å². The van der Waals surface area contributed by atoms with Crippen LogP contribution in [-0.2, 0) is 19.1 Å². The third kappa shape index (κ3) is 10.1. The van der Waals surface area contributed by atoms with E-state index in [1.165, 1.54) is 0 Å². The van der Waals surface area contributed by atoms with Crippen LogP contribution in [-0.4, -0.2) is 48.0 Å². The topological polar surface area (TPSA) is 111 Å². The quantitative estimate of drug-likeness (QED) is 0.662. The molecule has 0 aliphatic heterocycles. The van der Waals surface area contributed by atoms with E-state index in [-0.39, 0.29) is 23.9 Å². The van der Waals surface area contributed by atoms with Crippen LogP contribution in [0.25, 0.3) is 0 Å². The SMILES string of the molecule is CC(C)(C)OC(=O)N[C@@H]1CCC[C@@H]1C=O.CC(C)(C)OC(=O)N[C@H]1CCC[C@H]1C=O. The summed E-state index contributed by atoms with van der Waals surface area (Å²) in [5, 5.41) is 5.49. The Morgan fingerprint density at radius 1 is 0.700 bits per heavy atom. The Morgan fingerprint density at radius 3 is 1.30 bits per heavy atom. The summed E-state index contributed by atoms with van der Waals surface area (Å²) in [6, 6.07) is -0.0882. The highest BCUT2D eigenvalue weighted by molar-refractivity contribution is 5.70. The molecule has 8 heteroatoms. The molecule has 30 heavy (non-hydrogen) atoms. The molecule has 0 aromatic carbocycles. The van der Waals surface area contributed by atoms with Crippen LogP contribution in [0.1, 0.15) is 80.1 Å². The molecule has 0 saturated heterocycles. The van der Waals surface area contributed by atoms with E-state index >= 15 is 0 Å². The average molecular weight is 427 g/mol. The van der Waals surface area contributed by atoms with E-state index in [1.54, 1.807) is 0 Å². The first kappa shape index (κ1) is 25.9. The number of rotatable bonds is 4. The van der Waals surface area contributed by atoms with Gasteiger partial charge in [0.25, 0.3) is 0 Å². The fourth-order valence-corrected chi connectivity index (χ4v) is 3.58. The number of amides is 2. The Balaban J connectivity index is 0.000000300. The number of nitrogens with one attached hydrogen (secondary N) is 2. The smallest absolute Gasteiger partial charge is 0.407 e. The van der Waals surface area contributed by atoms with Gasteiger partial charge < -0.3 is 29.7 Å². The molecule has 2 aliphatic rings. The number of hydrogen-bond donors (Lipinski definition) is 2. The standard InChI is InChI=1S/2C11H19NO3/c2*1-11(2,3)15-10(14)12-9-6-4-5-8(9)7-13/h2*7-9H,4-6H2,1-3H3,(H,12,14)/t2*8-,9-/m10/s1. The largest absolute Gasteiger partial charge is 0.444 e. The van der Waals surface area contributed by atoms with Gasteiger partial charge in [0, 0.05) is 23.9 Å². The van der Waals surface area contributed by atoms with Crippen molar-refractivity contribution < 1.29 is 28.7 Å². The minimum absolute atomic E-state index is 0.0440. The summed E-state index contributed by atoms with van der Waals surface area (Å²) in [6.45, 7) is 10.9. The number of ether oxygens (including phenoxy) is 2. The highest BCUT2D eigenvalue weighted by Gasteiger charge is 2.30.